The fraction of sp³-hybridized carbons (Fsp3) is 0.150. The smallest absolute Gasteiger partial charge is 0.155 e. The van der Waals surface area contributed by atoms with Crippen LogP contribution in [0.25, 0.3) is 17.4 Å². The average molecular weight is 318 g/mol. The summed E-state index contributed by atoms with van der Waals surface area (Å²) in [6.07, 6.45) is 0. The molecule has 0 bridgehead atoms. The second-order valence-corrected chi connectivity index (χ2v) is 5.99. The molecule has 0 aromatic heterocycles. The number of fused-ring (bicyclic) bond motifs is 4. The van der Waals surface area contributed by atoms with Crippen molar-refractivity contribution in [2.45, 2.75) is 13.8 Å². The number of nitrogens with one attached hydrogen (secondary N) is 1. The highest BCUT2D eigenvalue weighted by atomic mass is 16.5. The van der Waals surface area contributed by atoms with E-state index in [2.05, 4.69) is 18.8 Å². The number of aryl methyl sites for hydroxylation is 1. The Kier molecular flexibility index (Phi) is 3.20. The van der Waals surface area contributed by atoms with Crippen LogP contribution in [0.4, 0.5) is 11.4 Å². The van der Waals surface area contributed by atoms with Crippen molar-refractivity contribution in [1.29, 1.82) is 0 Å². The van der Waals surface area contributed by atoms with Gasteiger partial charge in [-0.25, -0.2) is 4.99 Å². The Morgan fingerprint density at radius 2 is 1.96 bits per heavy atom. The maximum Gasteiger partial charge on any atom is 0.155 e. The quantitative estimate of drug-likeness (QED) is 0.592. The fourth-order valence-electron chi connectivity index (χ4n) is 3.10. The topological polar surface area (TPSA) is 53.9 Å². The van der Waals surface area contributed by atoms with Crippen molar-refractivity contribution in [3.8, 4) is 17.2 Å². The molecule has 4 rings (SSSR count). The van der Waals surface area contributed by atoms with Crippen molar-refractivity contribution in [3.05, 3.63) is 52.5 Å². The van der Waals surface area contributed by atoms with E-state index in [4.69, 9.17) is 9.73 Å². The molecule has 1 aliphatic heterocycles. The van der Waals surface area contributed by atoms with Crippen molar-refractivity contribution in [1.82, 2.24) is 0 Å². The molecule has 0 saturated carbocycles. The molecule has 4 nitrogen and oxygen atoms in total. The first-order valence-electron chi connectivity index (χ1n) is 7.96. The Labute approximate surface area is 139 Å². The number of benzene rings is 3. The molecule has 3 aromatic rings. The predicted octanol–water partition coefficient (Wildman–Crippen LogP) is 3.75. The van der Waals surface area contributed by atoms with Crippen LogP contribution < -0.4 is 20.6 Å². The Morgan fingerprint density at radius 3 is 2.75 bits per heavy atom. The van der Waals surface area contributed by atoms with Crippen molar-refractivity contribution >= 4 is 28.7 Å². The Bertz CT molecular complexity index is 1090. The van der Waals surface area contributed by atoms with Gasteiger partial charge in [-0.3, -0.25) is 0 Å². The van der Waals surface area contributed by atoms with E-state index in [0.29, 0.717) is 5.75 Å². The lowest BCUT2D eigenvalue weighted by Gasteiger charge is -2.18. The Hall–Kier alpha value is -3.01. The highest BCUT2D eigenvalue weighted by Gasteiger charge is 2.17. The third kappa shape index (κ3) is 2.19. The van der Waals surface area contributed by atoms with Crippen LogP contribution in [0, 0.1) is 6.92 Å². The van der Waals surface area contributed by atoms with E-state index < -0.39 is 0 Å². The molecule has 0 atom stereocenters. The number of rotatable bonds is 2. The number of hydrogen-bond donors (Lipinski definition) is 2. The number of phenolic OH excluding ortho intramolecular Hbond substituents is 1. The van der Waals surface area contributed by atoms with Crippen LogP contribution in [0.15, 0.2) is 41.4 Å². The predicted molar refractivity (Wildman–Crippen MR) is 97.0 cm³/mol. The number of phenols is 1. The fourth-order valence-corrected chi connectivity index (χ4v) is 3.10. The monoisotopic (exact) mass is 318 g/mol. The Balaban J connectivity index is 2.03. The zero-order chi connectivity index (χ0) is 16.8. The van der Waals surface area contributed by atoms with Gasteiger partial charge < -0.3 is 15.2 Å². The summed E-state index contributed by atoms with van der Waals surface area (Å²) >= 11 is 0. The highest BCUT2D eigenvalue weighted by Crippen LogP contribution is 2.38. The number of nitrogens with zero attached hydrogens (tertiary/aromatic N) is 1. The van der Waals surface area contributed by atoms with Gasteiger partial charge in [0.2, 0.25) is 0 Å². The molecule has 0 amide bonds. The van der Waals surface area contributed by atoms with E-state index in [-0.39, 0.29) is 5.75 Å². The van der Waals surface area contributed by atoms with E-state index in [0.717, 1.165) is 50.6 Å². The average Bonchev–Trinajstić information content (AvgIpc) is 2.55. The summed E-state index contributed by atoms with van der Waals surface area (Å²) in [5.74, 6) is 1.59. The molecular weight excluding hydrogens is 300 g/mol. The number of hydrogen-bond acceptors (Lipinski definition) is 4. The van der Waals surface area contributed by atoms with Gasteiger partial charge in [0.05, 0.1) is 0 Å². The third-order valence-corrected chi connectivity index (χ3v) is 4.27. The van der Waals surface area contributed by atoms with Crippen LogP contribution in [-0.2, 0) is 0 Å². The maximum atomic E-state index is 9.85. The molecule has 0 unspecified atom stereocenters. The molecule has 0 radical (unpaired) electrons. The molecule has 0 saturated heterocycles. The molecule has 24 heavy (non-hydrogen) atoms. The number of anilines is 1. The molecule has 0 spiro atoms. The first-order chi connectivity index (χ1) is 11.6. The summed E-state index contributed by atoms with van der Waals surface area (Å²) in [5.41, 5.74) is 2.96. The van der Waals surface area contributed by atoms with Gasteiger partial charge in [0.15, 0.2) is 11.5 Å². The van der Waals surface area contributed by atoms with Crippen LogP contribution >= 0.6 is 0 Å². The lowest BCUT2D eigenvalue weighted by molar-refractivity contribution is 0.470. The first kappa shape index (κ1) is 14.6. The van der Waals surface area contributed by atoms with Gasteiger partial charge in [-0.1, -0.05) is 12.6 Å². The normalized spacial score (nSPS) is 12.1. The molecule has 1 aliphatic rings. The van der Waals surface area contributed by atoms with Crippen LogP contribution in [-0.4, -0.2) is 11.7 Å². The van der Waals surface area contributed by atoms with Gasteiger partial charge in [-0.2, -0.15) is 0 Å². The van der Waals surface area contributed by atoms with E-state index in [9.17, 15) is 5.11 Å². The van der Waals surface area contributed by atoms with E-state index in [1.165, 1.54) is 0 Å². The highest BCUT2D eigenvalue weighted by molar-refractivity contribution is 5.86. The summed E-state index contributed by atoms with van der Waals surface area (Å²) in [5, 5.41) is 16.6. The molecule has 1 heterocycles. The lowest BCUT2D eigenvalue weighted by Crippen LogP contribution is -2.16. The molecule has 2 N–H and O–H groups in total. The van der Waals surface area contributed by atoms with Crippen LogP contribution in [0.2, 0.25) is 0 Å². The number of ether oxygens (including phenoxy) is 1. The minimum Gasteiger partial charge on any atom is -0.508 e. The van der Waals surface area contributed by atoms with Crippen molar-refractivity contribution in [3.63, 3.8) is 0 Å². The summed E-state index contributed by atoms with van der Waals surface area (Å²) in [7, 11) is 0. The van der Waals surface area contributed by atoms with Crippen LogP contribution in [0.3, 0.4) is 0 Å². The van der Waals surface area contributed by atoms with Gasteiger partial charge in [0.25, 0.3) is 0 Å². The molecular formula is C20H18N2O2. The number of aromatic hydroxyl groups is 1. The first-order valence-corrected chi connectivity index (χ1v) is 7.96. The van der Waals surface area contributed by atoms with Crippen LogP contribution in [0.5, 0.6) is 17.2 Å². The molecule has 0 aliphatic carbocycles. The summed E-state index contributed by atoms with van der Waals surface area (Å²) in [6, 6.07) is 11.1. The second-order valence-electron chi connectivity index (χ2n) is 5.99. The zero-order valence-electron chi connectivity index (χ0n) is 13.7. The maximum absolute atomic E-state index is 9.85. The minimum atomic E-state index is 0.204. The molecule has 0 fully saturated rings. The van der Waals surface area contributed by atoms with Crippen molar-refractivity contribution in [2.75, 3.05) is 11.9 Å². The SMILES string of the molecule is C=c1cc2c(c3cc(O)ccc13)=Nc1cc(C)c(NCC)cc1O2. The third-order valence-electron chi connectivity index (χ3n) is 4.27. The van der Waals surface area contributed by atoms with E-state index in [1.807, 2.05) is 31.2 Å². The summed E-state index contributed by atoms with van der Waals surface area (Å²) < 4.78 is 6.09. The standard InChI is InChI=1S/C20H18N2O2/c1-4-21-16-10-18-17(7-12(16)3)22-20-15-9-13(23)5-6-14(15)11(2)8-19(20)24-18/h5-10,21,23H,2,4H2,1,3H3. The summed E-state index contributed by atoms with van der Waals surface area (Å²) in [6.45, 7) is 9.05. The largest absolute Gasteiger partial charge is 0.508 e. The zero-order valence-corrected chi connectivity index (χ0v) is 13.7. The molecule has 3 aromatic carbocycles. The Morgan fingerprint density at radius 1 is 1.12 bits per heavy atom. The van der Waals surface area contributed by atoms with Gasteiger partial charge in [-0.05, 0) is 54.3 Å². The van der Waals surface area contributed by atoms with Crippen molar-refractivity contribution in [2.24, 2.45) is 4.99 Å². The van der Waals surface area contributed by atoms with Gasteiger partial charge in [-0.15, -0.1) is 0 Å². The van der Waals surface area contributed by atoms with Crippen molar-refractivity contribution < 1.29 is 9.84 Å². The molecule has 120 valence electrons. The van der Waals surface area contributed by atoms with Gasteiger partial charge in [0, 0.05) is 23.7 Å². The molecule has 4 heteroatoms. The lowest BCUT2D eigenvalue weighted by atomic mass is 10.1. The summed E-state index contributed by atoms with van der Waals surface area (Å²) in [4.78, 5) is 4.79. The minimum absolute atomic E-state index is 0.204. The second kappa shape index (κ2) is 5.27. The van der Waals surface area contributed by atoms with Gasteiger partial charge >= 0.3 is 0 Å². The van der Waals surface area contributed by atoms with Crippen LogP contribution in [0.1, 0.15) is 12.5 Å². The van der Waals surface area contributed by atoms with E-state index >= 15 is 0 Å². The van der Waals surface area contributed by atoms with E-state index in [1.54, 1.807) is 12.1 Å². The van der Waals surface area contributed by atoms with Gasteiger partial charge in [0.1, 0.15) is 16.8 Å².